The highest BCUT2D eigenvalue weighted by atomic mass is 127. The molecule has 1 rings (SSSR count). The average molecular weight is 542 g/mol. The van der Waals surface area contributed by atoms with E-state index in [-0.39, 0.29) is 10.2 Å². The van der Waals surface area contributed by atoms with Crippen LogP contribution in [-0.2, 0) is 52.4 Å². The Morgan fingerprint density at radius 3 is 1.97 bits per heavy atom. The minimum Gasteiger partial charge on any atom is -0.475 e. The number of rotatable bonds is 8. The largest absolute Gasteiger partial charge is 0.475 e. The lowest BCUT2D eigenvalue weighted by atomic mass is 9.95. The van der Waals surface area contributed by atoms with Crippen molar-refractivity contribution in [2.45, 2.75) is 58.2 Å². The lowest BCUT2D eigenvalue weighted by Gasteiger charge is -2.40. The topological polar surface area (TPSA) is 141 Å². The summed E-state index contributed by atoms with van der Waals surface area (Å²) in [5.74, 6) is -4.14. The van der Waals surface area contributed by atoms with Crippen LogP contribution in [0.2, 0.25) is 0 Å². The molecule has 0 aromatic rings. The van der Waals surface area contributed by atoms with Crippen molar-refractivity contribution in [3.63, 3.8) is 0 Å². The Kier molecular flexibility index (Phi) is 10.0. The molecule has 0 fully saturated rings. The molecule has 0 aromatic heterocycles. The SMILES string of the molecule is COC(=O)C1=C[C@H](OC(C)=O)[C@@H](OC(C)=O)[C@H]([C@H](OC(C)=O)[C@@H](CI)OC(C)=O)O1. The molecule has 0 unspecified atom stereocenters. The van der Waals surface area contributed by atoms with Crippen LogP contribution in [0.5, 0.6) is 0 Å². The Labute approximate surface area is 186 Å². The Morgan fingerprint density at radius 2 is 1.53 bits per heavy atom. The maximum atomic E-state index is 12.1. The van der Waals surface area contributed by atoms with E-state index in [0.717, 1.165) is 40.9 Å². The third-order valence-corrected chi connectivity index (χ3v) is 4.55. The average Bonchev–Trinajstić information content (AvgIpc) is 2.63. The van der Waals surface area contributed by atoms with Crippen molar-refractivity contribution in [1.82, 2.24) is 0 Å². The fourth-order valence-electron chi connectivity index (χ4n) is 2.72. The maximum absolute atomic E-state index is 12.1. The van der Waals surface area contributed by atoms with Crippen LogP contribution in [0.1, 0.15) is 27.7 Å². The van der Waals surface area contributed by atoms with Gasteiger partial charge < -0.3 is 28.4 Å². The minimum absolute atomic E-state index is 0.164. The lowest BCUT2D eigenvalue weighted by molar-refractivity contribution is -0.204. The van der Waals surface area contributed by atoms with Crippen molar-refractivity contribution in [1.29, 1.82) is 0 Å². The van der Waals surface area contributed by atoms with Gasteiger partial charge in [-0.05, 0) is 0 Å². The molecule has 168 valence electrons. The van der Waals surface area contributed by atoms with Crippen molar-refractivity contribution in [2.75, 3.05) is 11.5 Å². The van der Waals surface area contributed by atoms with Gasteiger partial charge in [0.25, 0.3) is 0 Å². The van der Waals surface area contributed by atoms with E-state index in [9.17, 15) is 24.0 Å². The zero-order chi connectivity index (χ0) is 23.0. The second-order valence-electron chi connectivity index (χ2n) is 6.13. The molecule has 0 aromatic carbocycles. The maximum Gasteiger partial charge on any atom is 0.373 e. The number of hydrogen-bond acceptors (Lipinski definition) is 11. The smallest absolute Gasteiger partial charge is 0.373 e. The number of hydrogen-bond donors (Lipinski definition) is 0. The molecule has 0 N–H and O–H groups in total. The number of esters is 5. The summed E-state index contributed by atoms with van der Waals surface area (Å²) in [7, 11) is 1.11. The number of halogens is 1. The summed E-state index contributed by atoms with van der Waals surface area (Å²) < 4.78 is 31.4. The van der Waals surface area contributed by atoms with Crippen molar-refractivity contribution < 1.29 is 52.4 Å². The van der Waals surface area contributed by atoms with Crippen molar-refractivity contribution in [3.05, 3.63) is 11.8 Å². The van der Waals surface area contributed by atoms with E-state index in [1.807, 2.05) is 22.6 Å². The Hall–Kier alpha value is -2.38. The molecule has 0 aliphatic carbocycles. The van der Waals surface area contributed by atoms with Crippen LogP contribution in [0.15, 0.2) is 11.8 Å². The van der Waals surface area contributed by atoms with Gasteiger partial charge in [0.2, 0.25) is 5.76 Å². The quantitative estimate of drug-likeness (QED) is 0.184. The summed E-state index contributed by atoms with van der Waals surface area (Å²) in [4.78, 5) is 58.6. The van der Waals surface area contributed by atoms with Crippen LogP contribution in [0, 0.1) is 0 Å². The van der Waals surface area contributed by atoms with Gasteiger partial charge in [-0.25, -0.2) is 4.79 Å². The van der Waals surface area contributed by atoms with Gasteiger partial charge in [0.15, 0.2) is 30.5 Å². The first-order valence-electron chi connectivity index (χ1n) is 8.71. The van der Waals surface area contributed by atoms with Gasteiger partial charge in [0, 0.05) is 38.2 Å². The minimum atomic E-state index is -1.36. The molecule has 0 spiro atoms. The zero-order valence-electron chi connectivity index (χ0n) is 17.0. The van der Waals surface area contributed by atoms with Gasteiger partial charge in [-0.15, -0.1) is 0 Å². The molecule has 5 atom stereocenters. The molecule has 0 radical (unpaired) electrons. The molecule has 11 nitrogen and oxygen atoms in total. The highest BCUT2D eigenvalue weighted by Crippen LogP contribution is 2.30. The van der Waals surface area contributed by atoms with E-state index in [1.165, 1.54) is 0 Å². The lowest BCUT2D eigenvalue weighted by Crippen LogP contribution is -2.57. The summed E-state index contributed by atoms with van der Waals surface area (Å²) in [5, 5.41) is 0. The van der Waals surface area contributed by atoms with E-state index in [4.69, 9.17) is 23.7 Å². The Balaban J connectivity index is 3.52. The number of alkyl halides is 1. The second kappa shape index (κ2) is 11.7. The van der Waals surface area contributed by atoms with E-state index >= 15 is 0 Å². The first-order valence-corrected chi connectivity index (χ1v) is 10.2. The molecular weight excluding hydrogens is 519 g/mol. The molecule has 1 aliphatic heterocycles. The molecule has 0 saturated heterocycles. The monoisotopic (exact) mass is 542 g/mol. The molecular formula is C18H23IO11. The number of carbonyl (C=O) groups is 5. The molecule has 0 saturated carbocycles. The normalized spacial score (nSPS) is 22.3. The van der Waals surface area contributed by atoms with Gasteiger partial charge in [-0.2, -0.15) is 0 Å². The van der Waals surface area contributed by atoms with Crippen molar-refractivity contribution in [2.24, 2.45) is 0 Å². The van der Waals surface area contributed by atoms with Crippen LogP contribution in [0.4, 0.5) is 0 Å². The molecule has 0 bridgehead atoms. The first kappa shape index (κ1) is 25.7. The van der Waals surface area contributed by atoms with E-state index in [1.54, 1.807) is 0 Å². The molecule has 0 amide bonds. The first-order chi connectivity index (χ1) is 14.0. The van der Waals surface area contributed by atoms with Crippen molar-refractivity contribution in [3.8, 4) is 0 Å². The third-order valence-electron chi connectivity index (χ3n) is 3.68. The second-order valence-corrected chi connectivity index (χ2v) is 7.01. The van der Waals surface area contributed by atoms with E-state index < -0.39 is 60.4 Å². The fraction of sp³-hybridized carbons (Fsp3) is 0.611. The summed E-state index contributed by atoms with van der Waals surface area (Å²) in [6, 6.07) is 0. The van der Waals surface area contributed by atoms with Crippen LogP contribution >= 0.6 is 22.6 Å². The van der Waals surface area contributed by atoms with Gasteiger partial charge in [-0.3, -0.25) is 19.2 Å². The van der Waals surface area contributed by atoms with Gasteiger partial charge >= 0.3 is 29.8 Å². The molecule has 1 aliphatic rings. The Morgan fingerprint density at radius 1 is 0.967 bits per heavy atom. The van der Waals surface area contributed by atoms with E-state index in [2.05, 4.69) is 4.74 Å². The number of ether oxygens (including phenoxy) is 6. The van der Waals surface area contributed by atoms with Gasteiger partial charge in [0.1, 0.15) is 0 Å². The highest BCUT2D eigenvalue weighted by Gasteiger charge is 2.49. The summed E-state index contributed by atoms with van der Waals surface area (Å²) >= 11 is 1.90. The van der Waals surface area contributed by atoms with Gasteiger partial charge in [-0.1, -0.05) is 22.6 Å². The molecule has 30 heavy (non-hydrogen) atoms. The third kappa shape index (κ3) is 7.46. The van der Waals surface area contributed by atoms with Crippen LogP contribution in [0.25, 0.3) is 0 Å². The van der Waals surface area contributed by atoms with Crippen LogP contribution in [-0.4, -0.2) is 71.9 Å². The van der Waals surface area contributed by atoms with Crippen LogP contribution < -0.4 is 0 Å². The summed E-state index contributed by atoms with van der Waals surface area (Å²) in [5.41, 5.74) is 0. The predicted octanol–water partition coefficient (Wildman–Crippen LogP) is 0.604. The standard InChI is InChI=1S/C18H23IO11/c1-8(20)26-12-6-13(18(24)25-5)30-17(15(12)28-10(3)22)16(29-11(4)23)14(7-19)27-9(2)21/h6,12,14-17H,7H2,1-5H3/t12-,14+,15+,16+,17+/m0/s1. The number of methoxy groups -OCH3 is 1. The number of carbonyl (C=O) groups excluding carboxylic acids is 5. The van der Waals surface area contributed by atoms with Gasteiger partial charge in [0.05, 0.1) is 7.11 Å². The summed E-state index contributed by atoms with van der Waals surface area (Å²) in [6.45, 7) is 4.52. The zero-order valence-corrected chi connectivity index (χ0v) is 19.2. The Bertz CT molecular complexity index is 717. The van der Waals surface area contributed by atoms with E-state index in [0.29, 0.717) is 0 Å². The van der Waals surface area contributed by atoms with Crippen LogP contribution in [0.3, 0.4) is 0 Å². The highest BCUT2D eigenvalue weighted by molar-refractivity contribution is 14.1. The molecule has 1 heterocycles. The molecule has 12 heteroatoms. The van der Waals surface area contributed by atoms with Crippen molar-refractivity contribution >= 4 is 52.4 Å². The fourth-order valence-corrected chi connectivity index (χ4v) is 3.40. The predicted molar refractivity (Wildman–Crippen MR) is 106 cm³/mol. The summed E-state index contributed by atoms with van der Waals surface area (Å²) in [6.07, 6.45) is -5.15.